The Morgan fingerprint density at radius 3 is 2.58 bits per heavy atom. The Bertz CT molecular complexity index is 968. The molecule has 6 unspecified atom stereocenters. The number of hydrogen-bond acceptors (Lipinski definition) is 6. The van der Waals surface area contributed by atoms with Crippen LogP contribution in [0, 0.1) is 17.8 Å². The maximum atomic E-state index is 13.5. The molecular weight excluding hydrogens is 396 g/mol. The molecule has 1 aromatic rings. The van der Waals surface area contributed by atoms with Crippen molar-refractivity contribution in [3.8, 4) is 11.5 Å². The van der Waals surface area contributed by atoms with Gasteiger partial charge in [-0.2, -0.15) is 0 Å². The zero-order valence-electron chi connectivity index (χ0n) is 18.3. The Kier molecular flexibility index (Phi) is 5.48. The number of phenols is 2. The van der Waals surface area contributed by atoms with Gasteiger partial charge in [-0.3, -0.25) is 4.79 Å². The largest absolute Gasteiger partial charge is 0.504 e. The lowest BCUT2D eigenvalue weighted by atomic mass is 9.63. The zero-order valence-corrected chi connectivity index (χ0v) is 18.3. The van der Waals surface area contributed by atoms with E-state index >= 15 is 0 Å². The minimum absolute atomic E-state index is 0.160. The second kappa shape index (κ2) is 7.84. The molecule has 2 heterocycles. The molecular formula is C25H30O6. The monoisotopic (exact) mass is 426 g/mol. The molecule has 166 valence electrons. The van der Waals surface area contributed by atoms with Crippen LogP contribution in [0.4, 0.5) is 0 Å². The van der Waals surface area contributed by atoms with Crippen LogP contribution in [-0.4, -0.2) is 45.0 Å². The predicted octanol–water partition coefficient (Wildman–Crippen LogP) is 3.72. The standard InChI is InChI=1S/C25H30O6/c1-13(2)5-7-15-21(28)20-22(29)17(14-6-8-18(26)19(27)11-14)12-30-24(20)16-9-10-25(3,4)31-23(15)16/h5-6,8-12,15-16,20-21,23-24,26-28H,7H2,1-4H3. The van der Waals surface area contributed by atoms with Crippen LogP contribution in [0.15, 0.2) is 48.3 Å². The third-order valence-electron chi connectivity index (χ3n) is 6.50. The number of ketones is 1. The number of carbonyl (C=O) groups is 1. The number of phenolic OH excluding ortho intramolecular Hbond substituents is 2. The summed E-state index contributed by atoms with van der Waals surface area (Å²) in [6, 6.07) is 4.20. The molecule has 0 bridgehead atoms. The highest BCUT2D eigenvalue weighted by atomic mass is 16.5. The van der Waals surface area contributed by atoms with Crippen molar-refractivity contribution in [1.29, 1.82) is 0 Å². The van der Waals surface area contributed by atoms with E-state index in [0.717, 1.165) is 5.57 Å². The van der Waals surface area contributed by atoms with E-state index in [0.29, 0.717) is 12.0 Å². The lowest BCUT2D eigenvalue weighted by molar-refractivity contribution is -0.194. The number of hydrogen-bond donors (Lipinski definition) is 3. The zero-order chi connectivity index (χ0) is 22.5. The van der Waals surface area contributed by atoms with Crippen molar-refractivity contribution in [2.45, 2.75) is 58.0 Å². The van der Waals surface area contributed by atoms with Crippen molar-refractivity contribution in [3.63, 3.8) is 0 Å². The Balaban J connectivity index is 1.73. The van der Waals surface area contributed by atoms with Gasteiger partial charge in [-0.25, -0.2) is 0 Å². The predicted molar refractivity (Wildman–Crippen MR) is 116 cm³/mol. The first-order valence-corrected chi connectivity index (χ1v) is 10.7. The first-order chi connectivity index (χ1) is 14.6. The molecule has 6 atom stereocenters. The fourth-order valence-corrected chi connectivity index (χ4v) is 4.90. The molecule has 0 radical (unpaired) electrons. The van der Waals surface area contributed by atoms with Crippen LogP contribution < -0.4 is 0 Å². The minimum Gasteiger partial charge on any atom is -0.504 e. The van der Waals surface area contributed by atoms with E-state index in [1.54, 1.807) is 6.07 Å². The maximum absolute atomic E-state index is 13.5. The molecule has 2 aliphatic heterocycles. The van der Waals surface area contributed by atoms with E-state index < -0.39 is 23.7 Å². The summed E-state index contributed by atoms with van der Waals surface area (Å²) in [5.41, 5.74) is 1.39. The van der Waals surface area contributed by atoms with Gasteiger partial charge in [-0.1, -0.05) is 29.9 Å². The van der Waals surface area contributed by atoms with Crippen LogP contribution in [0.5, 0.6) is 11.5 Å². The van der Waals surface area contributed by atoms with Gasteiger partial charge in [-0.05, 0) is 51.8 Å². The lowest BCUT2D eigenvalue weighted by Gasteiger charge is -2.52. The molecule has 31 heavy (non-hydrogen) atoms. The van der Waals surface area contributed by atoms with Gasteiger partial charge in [0.05, 0.1) is 35.6 Å². The van der Waals surface area contributed by atoms with Crippen molar-refractivity contribution in [2.75, 3.05) is 0 Å². The number of ether oxygens (including phenoxy) is 2. The average molecular weight is 427 g/mol. The van der Waals surface area contributed by atoms with Crippen LogP contribution in [0.3, 0.4) is 0 Å². The molecule has 1 saturated carbocycles. The van der Waals surface area contributed by atoms with Crippen LogP contribution in [0.25, 0.3) is 5.57 Å². The topological polar surface area (TPSA) is 96.2 Å². The van der Waals surface area contributed by atoms with Crippen LogP contribution in [0.2, 0.25) is 0 Å². The average Bonchev–Trinajstić information content (AvgIpc) is 2.69. The normalized spacial score (nSPS) is 33.6. The fourth-order valence-electron chi connectivity index (χ4n) is 4.90. The van der Waals surface area contributed by atoms with Crippen molar-refractivity contribution in [3.05, 3.63) is 53.8 Å². The molecule has 1 aromatic carbocycles. The molecule has 0 aromatic heterocycles. The molecule has 1 fully saturated rings. The summed E-state index contributed by atoms with van der Waals surface area (Å²) in [5.74, 6) is -1.97. The van der Waals surface area contributed by atoms with Gasteiger partial charge in [0.2, 0.25) is 0 Å². The van der Waals surface area contributed by atoms with Crippen molar-refractivity contribution in [1.82, 2.24) is 0 Å². The lowest BCUT2D eigenvalue weighted by Crippen LogP contribution is -2.61. The van der Waals surface area contributed by atoms with Gasteiger partial charge >= 0.3 is 0 Å². The summed E-state index contributed by atoms with van der Waals surface area (Å²) in [6.07, 6.45) is 6.39. The number of aliphatic hydroxyl groups excluding tert-OH is 1. The molecule has 3 aliphatic rings. The van der Waals surface area contributed by atoms with Crippen molar-refractivity contribution in [2.24, 2.45) is 17.8 Å². The third kappa shape index (κ3) is 3.90. The molecule has 6 heteroatoms. The molecule has 0 amide bonds. The van der Waals surface area contributed by atoms with E-state index in [9.17, 15) is 20.1 Å². The Hall–Kier alpha value is -2.57. The van der Waals surface area contributed by atoms with Gasteiger partial charge in [0.25, 0.3) is 0 Å². The highest BCUT2D eigenvalue weighted by Gasteiger charge is 2.56. The summed E-state index contributed by atoms with van der Waals surface area (Å²) < 4.78 is 12.4. The molecule has 0 spiro atoms. The highest BCUT2D eigenvalue weighted by molar-refractivity contribution is 6.22. The summed E-state index contributed by atoms with van der Waals surface area (Å²) in [5, 5.41) is 30.8. The van der Waals surface area contributed by atoms with Crippen molar-refractivity contribution < 1.29 is 29.6 Å². The van der Waals surface area contributed by atoms with E-state index in [-0.39, 0.29) is 40.8 Å². The summed E-state index contributed by atoms with van der Waals surface area (Å²) in [4.78, 5) is 13.5. The molecule has 3 N–H and O–H groups in total. The fraction of sp³-hybridized carbons (Fsp3) is 0.480. The Morgan fingerprint density at radius 2 is 1.90 bits per heavy atom. The Labute approximate surface area is 182 Å². The first kappa shape index (κ1) is 21.7. The smallest absolute Gasteiger partial charge is 0.175 e. The highest BCUT2D eigenvalue weighted by Crippen LogP contribution is 2.48. The van der Waals surface area contributed by atoms with E-state index in [4.69, 9.17) is 9.47 Å². The number of fused-ring (bicyclic) bond motifs is 3. The maximum Gasteiger partial charge on any atom is 0.175 e. The van der Waals surface area contributed by atoms with E-state index in [2.05, 4.69) is 12.2 Å². The molecule has 0 saturated heterocycles. The van der Waals surface area contributed by atoms with Gasteiger partial charge in [-0.15, -0.1) is 0 Å². The number of aromatic hydroxyl groups is 2. The minimum atomic E-state index is -0.939. The summed E-state index contributed by atoms with van der Waals surface area (Å²) >= 11 is 0. The van der Waals surface area contributed by atoms with Crippen molar-refractivity contribution >= 4 is 11.4 Å². The second-order valence-electron chi connectivity index (χ2n) is 9.52. The van der Waals surface area contributed by atoms with Crippen LogP contribution in [-0.2, 0) is 14.3 Å². The number of Topliss-reactive ketones (excluding diaryl/α,β-unsaturated/α-hetero) is 1. The summed E-state index contributed by atoms with van der Waals surface area (Å²) in [6.45, 7) is 7.98. The molecule has 1 aliphatic carbocycles. The second-order valence-corrected chi connectivity index (χ2v) is 9.52. The first-order valence-electron chi connectivity index (χ1n) is 10.7. The van der Waals surface area contributed by atoms with Crippen LogP contribution >= 0.6 is 0 Å². The quantitative estimate of drug-likeness (QED) is 0.504. The molecule has 6 nitrogen and oxygen atoms in total. The SMILES string of the molecule is CC(C)=CCC1C(O)C2C(=O)C(c3ccc(O)c(O)c3)=COC2C2C=CC(C)(C)OC21. The van der Waals surface area contributed by atoms with E-state index in [1.807, 2.05) is 33.8 Å². The van der Waals surface area contributed by atoms with Gasteiger partial charge in [0, 0.05) is 11.8 Å². The Morgan fingerprint density at radius 1 is 1.16 bits per heavy atom. The third-order valence-corrected chi connectivity index (χ3v) is 6.50. The number of carbonyl (C=O) groups excluding carboxylic acids is 1. The van der Waals surface area contributed by atoms with Gasteiger partial charge in [0.15, 0.2) is 17.3 Å². The number of rotatable bonds is 3. The number of allylic oxidation sites excluding steroid dienone is 3. The van der Waals surface area contributed by atoms with Crippen LogP contribution in [0.1, 0.15) is 39.7 Å². The molecule has 4 rings (SSSR count). The van der Waals surface area contributed by atoms with E-state index in [1.165, 1.54) is 18.4 Å². The summed E-state index contributed by atoms with van der Waals surface area (Å²) in [7, 11) is 0. The number of aliphatic hydroxyl groups is 1. The van der Waals surface area contributed by atoms with Gasteiger partial charge < -0.3 is 24.8 Å². The van der Waals surface area contributed by atoms with Gasteiger partial charge in [0.1, 0.15) is 6.10 Å². The number of benzene rings is 1.